The Morgan fingerprint density at radius 2 is 2.00 bits per heavy atom. The molecule has 3 rings (SSSR count). The standard InChI is InChI=1S/C19H20N2O6/c1-4-24-19(23)15-8-12(2)21(13(15)3)10-18(22)26-11-14-9-17(27-20-14)16-6-5-7-25-16/h5-9H,4,10-11H2,1-3H3. The van der Waals surface area contributed by atoms with Crippen LogP contribution >= 0.6 is 0 Å². The molecule has 27 heavy (non-hydrogen) atoms. The Labute approximate surface area is 155 Å². The monoisotopic (exact) mass is 372 g/mol. The average molecular weight is 372 g/mol. The molecule has 8 nitrogen and oxygen atoms in total. The molecular formula is C19H20N2O6. The first-order valence-electron chi connectivity index (χ1n) is 8.48. The summed E-state index contributed by atoms with van der Waals surface area (Å²) in [5.74, 6) is 0.153. The van der Waals surface area contributed by atoms with E-state index in [4.69, 9.17) is 18.4 Å². The van der Waals surface area contributed by atoms with Crippen molar-refractivity contribution in [3.63, 3.8) is 0 Å². The maximum atomic E-state index is 12.2. The van der Waals surface area contributed by atoms with Crippen molar-refractivity contribution in [2.24, 2.45) is 0 Å². The van der Waals surface area contributed by atoms with Crippen LogP contribution in [0.25, 0.3) is 11.5 Å². The van der Waals surface area contributed by atoms with Gasteiger partial charge in [-0.15, -0.1) is 0 Å². The van der Waals surface area contributed by atoms with Gasteiger partial charge >= 0.3 is 11.9 Å². The van der Waals surface area contributed by atoms with E-state index in [1.807, 2.05) is 6.92 Å². The summed E-state index contributed by atoms with van der Waals surface area (Å²) in [4.78, 5) is 24.1. The number of carbonyl (C=O) groups is 2. The molecule has 0 bridgehead atoms. The number of nitrogens with zero attached hydrogens (tertiary/aromatic N) is 2. The third-order valence-electron chi connectivity index (χ3n) is 4.06. The lowest BCUT2D eigenvalue weighted by Gasteiger charge is -2.09. The number of furan rings is 1. The maximum absolute atomic E-state index is 12.2. The molecule has 142 valence electrons. The SMILES string of the molecule is CCOC(=O)c1cc(C)n(CC(=O)OCc2cc(-c3ccco3)on2)c1C. The van der Waals surface area contributed by atoms with Gasteiger partial charge in [-0.25, -0.2) is 4.79 Å². The van der Waals surface area contributed by atoms with Gasteiger partial charge in [0.05, 0.1) is 18.4 Å². The lowest BCUT2D eigenvalue weighted by molar-refractivity contribution is -0.145. The molecule has 8 heteroatoms. The van der Waals surface area contributed by atoms with E-state index < -0.39 is 11.9 Å². The topological polar surface area (TPSA) is 96.7 Å². The summed E-state index contributed by atoms with van der Waals surface area (Å²) in [6.07, 6.45) is 1.53. The highest BCUT2D eigenvalue weighted by molar-refractivity contribution is 5.91. The number of ether oxygens (including phenoxy) is 2. The van der Waals surface area contributed by atoms with Gasteiger partial charge in [0, 0.05) is 17.5 Å². The molecule has 0 aliphatic heterocycles. The molecule has 0 aromatic carbocycles. The molecule has 0 radical (unpaired) electrons. The minimum atomic E-state index is -0.449. The number of hydrogen-bond acceptors (Lipinski definition) is 7. The molecule has 0 saturated carbocycles. The Morgan fingerprint density at radius 1 is 1.19 bits per heavy atom. The fourth-order valence-electron chi connectivity index (χ4n) is 2.70. The number of esters is 2. The van der Waals surface area contributed by atoms with E-state index in [1.165, 1.54) is 6.26 Å². The predicted octanol–water partition coefficient (Wildman–Crippen LogP) is 3.27. The molecule has 3 heterocycles. The van der Waals surface area contributed by atoms with E-state index in [-0.39, 0.29) is 13.2 Å². The Morgan fingerprint density at radius 3 is 2.70 bits per heavy atom. The highest BCUT2D eigenvalue weighted by atomic mass is 16.5. The van der Waals surface area contributed by atoms with Crippen LogP contribution in [0.4, 0.5) is 0 Å². The zero-order valence-corrected chi connectivity index (χ0v) is 15.4. The van der Waals surface area contributed by atoms with E-state index in [1.54, 1.807) is 42.7 Å². The Balaban J connectivity index is 1.61. The van der Waals surface area contributed by atoms with Gasteiger partial charge in [-0.1, -0.05) is 5.16 Å². The van der Waals surface area contributed by atoms with Gasteiger partial charge in [0.25, 0.3) is 0 Å². The minimum absolute atomic E-state index is 0.0139. The molecular weight excluding hydrogens is 352 g/mol. The molecule has 3 aromatic heterocycles. The molecule has 0 amide bonds. The second-order valence-electron chi connectivity index (χ2n) is 5.91. The Kier molecular flexibility index (Phi) is 5.44. The van der Waals surface area contributed by atoms with Gasteiger partial charge in [-0.3, -0.25) is 4.79 Å². The molecule has 3 aromatic rings. The molecule has 0 unspecified atom stereocenters. The first-order valence-corrected chi connectivity index (χ1v) is 8.48. The fraction of sp³-hybridized carbons (Fsp3) is 0.316. The second-order valence-corrected chi connectivity index (χ2v) is 5.91. The van der Waals surface area contributed by atoms with Gasteiger partial charge in [0.15, 0.2) is 5.76 Å². The fourth-order valence-corrected chi connectivity index (χ4v) is 2.70. The van der Waals surface area contributed by atoms with Crippen molar-refractivity contribution in [2.45, 2.75) is 33.9 Å². The first-order chi connectivity index (χ1) is 13.0. The minimum Gasteiger partial charge on any atom is -0.462 e. The van der Waals surface area contributed by atoms with Crippen LogP contribution in [0.5, 0.6) is 0 Å². The van der Waals surface area contributed by atoms with Crippen molar-refractivity contribution in [2.75, 3.05) is 6.61 Å². The van der Waals surface area contributed by atoms with Crippen molar-refractivity contribution in [1.29, 1.82) is 0 Å². The molecule has 0 aliphatic rings. The van der Waals surface area contributed by atoms with Crippen molar-refractivity contribution < 1.29 is 28.0 Å². The largest absolute Gasteiger partial charge is 0.462 e. The number of aryl methyl sites for hydroxylation is 1. The number of hydrogen-bond donors (Lipinski definition) is 0. The summed E-state index contributed by atoms with van der Waals surface area (Å²) >= 11 is 0. The van der Waals surface area contributed by atoms with E-state index in [0.717, 1.165) is 5.69 Å². The van der Waals surface area contributed by atoms with Crippen LogP contribution in [-0.2, 0) is 27.4 Å². The third-order valence-corrected chi connectivity index (χ3v) is 4.06. The van der Waals surface area contributed by atoms with Crippen LogP contribution in [0, 0.1) is 13.8 Å². The van der Waals surface area contributed by atoms with E-state index in [9.17, 15) is 9.59 Å². The van der Waals surface area contributed by atoms with Gasteiger partial charge in [-0.2, -0.15) is 0 Å². The lowest BCUT2D eigenvalue weighted by atomic mass is 10.2. The van der Waals surface area contributed by atoms with Gasteiger partial charge in [-0.05, 0) is 39.0 Å². The summed E-state index contributed by atoms with van der Waals surface area (Å²) in [6, 6.07) is 6.84. The Bertz CT molecular complexity index is 936. The lowest BCUT2D eigenvalue weighted by Crippen LogP contribution is -2.16. The van der Waals surface area contributed by atoms with Gasteiger partial charge < -0.3 is 23.0 Å². The van der Waals surface area contributed by atoms with Crippen LogP contribution in [-0.4, -0.2) is 28.3 Å². The van der Waals surface area contributed by atoms with E-state index in [0.29, 0.717) is 35.1 Å². The summed E-state index contributed by atoms with van der Waals surface area (Å²) in [7, 11) is 0. The van der Waals surface area contributed by atoms with E-state index in [2.05, 4.69) is 5.16 Å². The van der Waals surface area contributed by atoms with Crippen molar-refractivity contribution >= 4 is 11.9 Å². The normalized spacial score (nSPS) is 10.8. The molecule has 0 N–H and O–H groups in total. The van der Waals surface area contributed by atoms with Crippen LogP contribution in [0.2, 0.25) is 0 Å². The molecule has 0 spiro atoms. The zero-order chi connectivity index (χ0) is 19.4. The first kappa shape index (κ1) is 18.5. The smallest absolute Gasteiger partial charge is 0.339 e. The van der Waals surface area contributed by atoms with Gasteiger partial charge in [0.1, 0.15) is 18.8 Å². The molecule has 0 saturated heterocycles. The quantitative estimate of drug-likeness (QED) is 0.587. The van der Waals surface area contributed by atoms with Crippen molar-refractivity contribution in [3.05, 3.63) is 53.2 Å². The van der Waals surface area contributed by atoms with Crippen molar-refractivity contribution in [3.8, 4) is 11.5 Å². The van der Waals surface area contributed by atoms with Crippen molar-refractivity contribution in [1.82, 2.24) is 9.72 Å². The zero-order valence-electron chi connectivity index (χ0n) is 15.4. The summed E-state index contributed by atoms with van der Waals surface area (Å²) in [6.45, 7) is 5.58. The molecule has 0 aliphatic carbocycles. The highest BCUT2D eigenvalue weighted by Crippen LogP contribution is 2.21. The van der Waals surface area contributed by atoms with Crippen LogP contribution in [0.1, 0.15) is 34.4 Å². The van der Waals surface area contributed by atoms with E-state index >= 15 is 0 Å². The molecule has 0 fully saturated rings. The summed E-state index contributed by atoms with van der Waals surface area (Å²) in [5.41, 5.74) is 2.35. The van der Waals surface area contributed by atoms with Crippen LogP contribution in [0.15, 0.2) is 39.5 Å². The predicted molar refractivity (Wildman–Crippen MR) is 93.9 cm³/mol. The Hall–Kier alpha value is -3.29. The second kappa shape index (κ2) is 7.94. The summed E-state index contributed by atoms with van der Waals surface area (Å²) in [5, 5.41) is 3.85. The number of rotatable bonds is 7. The molecule has 0 atom stereocenters. The average Bonchev–Trinajstić information content (AvgIpc) is 3.37. The third kappa shape index (κ3) is 4.11. The number of aromatic nitrogens is 2. The van der Waals surface area contributed by atoms with Crippen LogP contribution < -0.4 is 0 Å². The maximum Gasteiger partial charge on any atom is 0.339 e. The highest BCUT2D eigenvalue weighted by Gasteiger charge is 2.19. The summed E-state index contributed by atoms with van der Waals surface area (Å²) < 4.78 is 22.4. The van der Waals surface area contributed by atoms with Crippen LogP contribution in [0.3, 0.4) is 0 Å². The van der Waals surface area contributed by atoms with Gasteiger partial charge in [0.2, 0.25) is 5.76 Å². The number of carbonyl (C=O) groups excluding carboxylic acids is 2.